The smallest absolute Gasteiger partial charge is 0.255 e. The van der Waals surface area contributed by atoms with Gasteiger partial charge in [0.1, 0.15) is 0 Å². The van der Waals surface area contributed by atoms with Gasteiger partial charge in [0.2, 0.25) is 5.95 Å². The molecule has 1 aromatic heterocycles. The normalized spacial score (nSPS) is 10.5. The van der Waals surface area contributed by atoms with Crippen LogP contribution in [0.25, 0.3) is 0 Å². The van der Waals surface area contributed by atoms with Crippen molar-refractivity contribution in [1.29, 1.82) is 0 Å². The summed E-state index contributed by atoms with van der Waals surface area (Å²) in [6.45, 7) is 7.88. The van der Waals surface area contributed by atoms with Crippen LogP contribution in [0.4, 0.5) is 17.3 Å². The molecule has 0 atom stereocenters. The molecule has 3 rings (SSSR count). The van der Waals surface area contributed by atoms with Crippen molar-refractivity contribution in [2.45, 2.75) is 27.7 Å². The average Bonchev–Trinajstić information content (AvgIpc) is 2.57. The van der Waals surface area contributed by atoms with Crippen LogP contribution < -0.4 is 10.6 Å². The van der Waals surface area contributed by atoms with Crippen molar-refractivity contribution < 1.29 is 4.79 Å². The minimum atomic E-state index is -0.133. The maximum Gasteiger partial charge on any atom is 0.255 e. The summed E-state index contributed by atoms with van der Waals surface area (Å²) in [5, 5.41) is 6.12. The first-order chi connectivity index (χ1) is 12.4. The van der Waals surface area contributed by atoms with E-state index in [1.54, 1.807) is 12.1 Å². The first-order valence-corrected chi connectivity index (χ1v) is 8.49. The second-order valence-corrected chi connectivity index (χ2v) is 6.45. The van der Waals surface area contributed by atoms with Gasteiger partial charge < -0.3 is 10.6 Å². The first kappa shape index (κ1) is 17.6. The number of hydrogen-bond donors (Lipinski definition) is 2. The number of amides is 1. The molecule has 26 heavy (non-hydrogen) atoms. The molecule has 0 aliphatic carbocycles. The second-order valence-electron chi connectivity index (χ2n) is 6.45. The lowest BCUT2D eigenvalue weighted by atomic mass is 10.1. The van der Waals surface area contributed by atoms with E-state index in [1.807, 2.05) is 64.1 Å². The van der Waals surface area contributed by atoms with Crippen LogP contribution in [-0.2, 0) is 0 Å². The summed E-state index contributed by atoms with van der Waals surface area (Å²) in [5.41, 5.74) is 6.28. The molecule has 1 amide bonds. The highest BCUT2D eigenvalue weighted by atomic mass is 16.1. The number of benzene rings is 2. The van der Waals surface area contributed by atoms with Crippen LogP contribution in [-0.4, -0.2) is 15.9 Å². The van der Waals surface area contributed by atoms with E-state index in [-0.39, 0.29) is 5.91 Å². The molecule has 0 fully saturated rings. The number of nitrogens with one attached hydrogen (secondary N) is 2. The Morgan fingerprint density at radius 3 is 2.12 bits per heavy atom. The van der Waals surface area contributed by atoms with Gasteiger partial charge in [-0.2, -0.15) is 0 Å². The quantitative estimate of drug-likeness (QED) is 0.718. The fraction of sp³-hybridized carbons (Fsp3) is 0.190. The van der Waals surface area contributed by atoms with Crippen molar-refractivity contribution in [1.82, 2.24) is 9.97 Å². The summed E-state index contributed by atoms with van der Waals surface area (Å²) in [6.07, 6.45) is 0. The van der Waals surface area contributed by atoms with Gasteiger partial charge in [0.05, 0.1) is 0 Å². The van der Waals surface area contributed by atoms with Gasteiger partial charge in [-0.3, -0.25) is 4.79 Å². The third-order valence-corrected chi connectivity index (χ3v) is 4.02. The van der Waals surface area contributed by atoms with Gasteiger partial charge in [-0.15, -0.1) is 0 Å². The lowest BCUT2D eigenvalue weighted by molar-refractivity contribution is 0.102. The lowest BCUT2D eigenvalue weighted by Crippen LogP contribution is -2.12. The Kier molecular flexibility index (Phi) is 4.98. The van der Waals surface area contributed by atoms with Crippen molar-refractivity contribution in [2.75, 3.05) is 10.6 Å². The zero-order valence-electron chi connectivity index (χ0n) is 15.4. The highest BCUT2D eigenvalue weighted by Crippen LogP contribution is 2.19. The van der Waals surface area contributed by atoms with E-state index in [0.29, 0.717) is 11.5 Å². The number of aromatic nitrogens is 2. The zero-order chi connectivity index (χ0) is 18.7. The maximum atomic E-state index is 12.5. The molecular weight excluding hydrogens is 324 g/mol. The Morgan fingerprint density at radius 2 is 1.50 bits per heavy atom. The molecule has 0 aliphatic rings. The Hall–Kier alpha value is -3.21. The first-order valence-electron chi connectivity index (χ1n) is 8.49. The molecule has 2 N–H and O–H groups in total. The molecule has 0 aliphatic heterocycles. The van der Waals surface area contributed by atoms with Crippen LogP contribution in [0.15, 0.2) is 48.5 Å². The molecule has 0 saturated heterocycles. The summed E-state index contributed by atoms with van der Waals surface area (Å²) in [6, 6.07) is 15.1. The minimum absolute atomic E-state index is 0.133. The maximum absolute atomic E-state index is 12.5. The summed E-state index contributed by atoms with van der Waals surface area (Å²) >= 11 is 0. The van der Waals surface area contributed by atoms with Gasteiger partial charge in [-0.05, 0) is 69.7 Å². The van der Waals surface area contributed by atoms with Crippen LogP contribution in [0.1, 0.15) is 32.9 Å². The number of hydrogen-bond acceptors (Lipinski definition) is 4. The van der Waals surface area contributed by atoms with E-state index in [4.69, 9.17) is 0 Å². The Labute approximate surface area is 153 Å². The third kappa shape index (κ3) is 4.25. The van der Waals surface area contributed by atoms with Crippen molar-refractivity contribution >= 4 is 23.2 Å². The van der Waals surface area contributed by atoms with Crippen molar-refractivity contribution in [3.63, 3.8) is 0 Å². The summed E-state index contributed by atoms with van der Waals surface area (Å²) in [4.78, 5) is 21.2. The molecule has 1 heterocycles. The van der Waals surface area contributed by atoms with E-state index >= 15 is 0 Å². The van der Waals surface area contributed by atoms with Crippen molar-refractivity contribution in [2.24, 2.45) is 0 Å². The summed E-state index contributed by atoms with van der Waals surface area (Å²) < 4.78 is 0. The largest absolute Gasteiger partial charge is 0.324 e. The van der Waals surface area contributed by atoms with Gasteiger partial charge in [-0.25, -0.2) is 9.97 Å². The summed E-state index contributed by atoms with van der Waals surface area (Å²) in [7, 11) is 0. The molecule has 5 heteroatoms. The molecule has 5 nitrogen and oxygen atoms in total. The number of aryl methyl sites for hydroxylation is 4. The van der Waals surface area contributed by atoms with Crippen LogP contribution in [0.2, 0.25) is 0 Å². The monoisotopic (exact) mass is 346 g/mol. The Balaban J connectivity index is 1.71. The fourth-order valence-corrected chi connectivity index (χ4v) is 2.76. The van der Waals surface area contributed by atoms with Crippen LogP contribution in [0.5, 0.6) is 0 Å². The average molecular weight is 346 g/mol. The summed E-state index contributed by atoms with van der Waals surface area (Å²) in [5.74, 6) is 0.418. The van der Waals surface area contributed by atoms with Gasteiger partial charge in [0.25, 0.3) is 5.91 Å². The van der Waals surface area contributed by atoms with Crippen LogP contribution in [0.3, 0.4) is 0 Å². The van der Waals surface area contributed by atoms with E-state index in [2.05, 4.69) is 20.6 Å². The standard InChI is InChI=1S/C21H22N4O/c1-13-5-10-19(14(2)11-13)25-20(26)17-6-8-18(9-7-17)24-21-22-15(3)12-16(4)23-21/h5-12H,1-4H3,(H,25,26)(H,22,23,24). The number of carbonyl (C=O) groups excluding carboxylic acids is 1. The number of nitrogens with zero attached hydrogens (tertiary/aromatic N) is 2. The lowest BCUT2D eigenvalue weighted by Gasteiger charge is -2.10. The molecule has 0 spiro atoms. The SMILES string of the molecule is Cc1ccc(NC(=O)c2ccc(Nc3nc(C)cc(C)n3)cc2)c(C)c1. The van der Waals surface area contributed by atoms with E-state index in [0.717, 1.165) is 28.3 Å². The molecule has 132 valence electrons. The number of anilines is 3. The molecule has 2 aromatic carbocycles. The van der Waals surface area contributed by atoms with Crippen molar-refractivity contribution in [3.8, 4) is 0 Å². The number of carbonyl (C=O) groups is 1. The molecule has 0 unspecified atom stereocenters. The van der Waals surface area contributed by atoms with E-state index in [9.17, 15) is 4.79 Å². The van der Waals surface area contributed by atoms with Gasteiger partial charge >= 0.3 is 0 Å². The molecule has 0 saturated carbocycles. The van der Waals surface area contributed by atoms with E-state index in [1.165, 1.54) is 5.56 Å². The van der Waals surface area contributed by atoms with Crippen LogP contribution >= 0.6 is 0 Å². The third-order valence-electron chi connectivity index (χ3n) is 4.02. The zero-order valence-corrected chi connectivity index (χ0v) is 15.4. The highest BCUT2D eigenvalue weighted by Gasteiger charge is 2.08. The van der Waals surface area contributed by atoms with Gasteiger partial charge in [0, 0.05) is 28.3 Å². The molecular formula is C21H22N4O. The second kappa shape index (κ2) is 7.35. The van der Waals surface area contributed by atoms with Gasteiger partial charge in [0.15, 0.2) is 0 Å². The molecule has 3 aromatic rings. The predicted molar refractivity (Wildman–Crippen MR) is 105 cm³/mol. The predicted octanol–water partition coefficient (Wildman–Crippen LogP) is 4.71. The Morgan fingerprint density at radius 1 is 0.846 bits per heavy atom. The van der Waals surface area contributed by atoms with Crippen molar-refractivity contribution in [3.05, 3.63) is 76.6 Å². The molecule has 0 bridgehead atoms. The van der Waals surface area contributed by atoms with Gasteiger partial charge in [-0.1, -0.05) is 17.7 Å². The highest BCUT2D eigenvalue weighted by molar-refractivity contribution is 6.04. The fourth-order valence-electron chi connectivity index (χ4n) is 2.76. The van der Waals surface area contributed by atoms with Crippen LogP contribution in [0, 0.1) is 27.7 Å². The minimum Gasteiger partial charge on any atom is -0.324 e. The number of rotatable bonds is 4. The topological polar surface area (TPSA) is 66.9 Å². The molecule has 0 radical (unpaired) electrons. The Bertz CT molecular complexity index is 928. The van der Waals surface area contributed by atoms with E-state index < -0.39 is 0 Å².